The lowest BCUT2D eigenvalue weighted by atomic mass is 10.0. The molecule has 0 bridgehead atoms. The van der Waals surface area contributed by atoms with Crippen LogP contribution in [0.15, 0.2) is 18.7 Å². The molecule has 0 saturated heterocycles. The van der Waals surface area contributed by atoms with Gasteiger partial charge in [0.25, 0.3) is 0 Å². The molecule has 0 heterocycles. The molecule has 1 unspecified atom stereocenters. The summed E-state index contributed by atoms with van der Waals surface area (Å²) in [5.74, 6) is -4.66. The monoisotopic (exact) mass is 216 g/mol. The zero-order chi connectivity index (χ0) is 11.6. The van der Waals surface area contributed by atoms with Crippen molar-refractivity contribution in [3.8, 4) is 0 Å². The summed E-state index contributed by atoms with van der Waals surface area (Å²) in [4.78, 5) is 10.3. The van der Waals surface area contributed by atoms with Crippen LogP contribution in [-0.4, -0.2) is 11.1 Å². The molecular formula is C10H7F3O2. The largest absolute Gasteiger partial charge is 0.479 e. The lowest BCUT2D eigenvalue weighted by molar-refractivity contribution is -0.143. The normalized spacial score (nSPS) is 12.2. The van der Waals surface area contributed by atoms with Crippen LogP contribution < -0.4 is 0 Å². The Kier molecular flexibility index (Phi) is 3.14. The van der Waals surface area contributed by atoms with E-state index in [0.717, 1.165) is 18.2 Å². The second-order valence-corrected chi connectivity index (χ2v) is 2.77. The van der Waals surface area contributed by atoms with Gasteiger partial charge in [0.05, 0.1) is 0 Å². The van der Waals surface area contributed by atoms with Gasteiger partial charge in [0.2, 0.25) is 6.17 Å². The highest BCUT2D eigenvalue weighted by Crippen LogP contribution is 2.27. The number of hydrogen-bond donors (Lipinski definition) is 1. The Bertz CT molecular complexity index is 415. The minimum atomic E-state index is -2.60. The van der Waals surface area contributed by atoms with Crippen LogP contribution in [0.25, 0.3) is 6.08 Å². The summed E-state index contributed by atoms with van der Waals surface area (Å²) in [6.07, 6.45) is -1.54. The number of benzene rings is 1. The van der Waals surface area contributed by atoms with E-state index in [1.807, 2.05) is 0 Å². The first-order valence-corrected chi connectivity index (χ1v) is 3.96. The van der Waals surface area contributed by atoms with Crippen molar-refractivity contribution in [3.63, 3.8) is 0 Å². The Morgan fingerprint density at radius 1 is 1.47 bits per heavy atom. The molecule has 0 fully saturated rings. The van der Waals surface area contributed by atoms with Crippen LogP contribution in [0.4, 0.5) is 13.2 Å². The molecule has 80 valence electrons. The summed E-state index contributed by atoms with van der Waals surface area (Å²) in [6.45, 7) is 3.26. The Labute approximate surface area is 83.7 Å². The van der Waals surface area contributed by atoms with Gasteiger partial charge in [-0.3, -0.25) is 0 Å². The third-order valence-corrected chi connectivity index (χ3v) is 1.86. The maximum atomic E-state index is 13.1. The number of carbonyl (C=O) groups is 1. The zero-order valence-corrected chi connectivity index (χ0v) is 7.51. The summed E-state index contributed by atoms with van der Waals surface area (Å²) in [5, 5.41) is 8.37. The predicted octanol–water partition coefficient (Wildman–Crippen LogP) is 2.70. The lowest BCUT2D eigenvalue weighted by Crippen LogP contribution is -2.11. The van der Waals surface area contributed by atoms with Crippen molar-refractivity contribution in [2.24, 2.45) is 0 Å². The summed E-state index contributed by atoms with van der Waals surface area (Å²) < 4.78 is 39.0. The first kappa shape index (κ1) is 11.3. The van der Waals surface area contributed by atoms with Crippen molar-refractivity contribution in [2.75, 3.05) is 0 Å². The number of carboxylic acids is 1. The third kappa shape index (κ3) is 2.01. The van der Waals surface area contributed by atoms with Crippen molar-refractivity contribution in [1.29, 1.82) is 0 Å². The summed E-state index contributed by atoms with van der Waals surface area (Å²) >= 11 is 0. The van der Waals surface area contributed by atoms with Gasteiger partial charge in [0.1, 0.15) is 0 Å². The molecule has 0 radical (unpaired) electrons. The number of alkyl halides is 1. The Morgan fingerprint density at radius 2 is 2.07 bits per heavy atom. The van der Waals surface area contributed by atoms with Crippen molar-refractivity contribution in [3.05, 3.63) is 41.5 Å². The van der Waals surface area contributed by atoms with E-state index in [-0.39, 0.29) is 5.56 Å². The average Bonchev–Trinajstić information content (AvgIpc) is 2.20. The zero-order valence-electron chi connectivity index (χ0n) is 7.51. The maximum Gasteiger partial charge on any atom is 0.343 e. The van der Waals surface area contributed by atoms with E-state index < -0.39 is 29.3 Å². The fourth-order valence-corrected chi connectivity index (χ4v) is 1.14. The second-order valence-electron chi connectivity index (χ2n) is 2.77. The van der Waals surface area contributed by atoms with Gasteiger partial charge in [-0.1, -0.05) is 18.7 Å². The molecule has 1 rings (SSSR count). The second kappa shape index (κ2) is 4.16. The number of hydrogen-bond acceptors (Lipinski definition) is 1. The molecule has 5 heteroatoms. The molecule has 0 aliphatic heterocycles. The van der Waals surface area contributed by atoms with Crippen LogP contribution in [-0.2, 0) is 4.79 Å². The molecule has 0 amide bonds. The molecule has 0 aliphatic rings. The fourth-order valence-electron chi connectivity index (χ4n) is 1.14. The highest BCUT2D eigenvalue weighted by atomic mass is 19.2. The van der Waals surface area contributed by atoms with Gasteiger partial charge < -0.3 is 5.11 Å². The van der Waals surface area contributed by atoms with Crippen LogP contribution >= 0.6 is 0 Å². The van der Waals surface area contributed by atoms with Gasteiger partial charge in [-0.05, 0) is 11.6 Å². The van der Waals surface area contributed by atoms with Gasteiger partial charge >= 0.3 is 5.97 Å². The Morgan fingerprint density at radius 3 is 2.53 bits per heavy atom. The molecule has 0 saturated carbocycles. The van der Waals surface area contributed by atoms with E-state index in [1.165, 1.54) is 0 Å². The molecule has 2 nitrogen and oxygen atoms in total. The van der Waals surface area contributed by atoms with Crippen molar-refractivity contribution < 1.29 is 23.1 Å². The van der Waals surface area contributed by atoms with Crippen LogP contribution in [0.3, 0.4) is 0 Å². The van der Waals surface area contributed by atoms with Gasteiger partial charge in [-0.25, -0.2) is 18.0 Å². The molecular weight excluding hydrogens is 209 g/mol. The van der Waals surface area contributed by atoms with Crippen LogP contribution in [0.5, 0.6) is 0 Å². The van der Waals surface area contributed by atoms with E-state index in [1.54, 1.807) is 0 Å². The first-order chi connectivity index (χ1) is 6.99. The fraction of sp³-hybridized carbons (Fsp3) is 0.100. The standard InChI is InChI=1S/C10H7F3O2/c1-2-5-3-4-6(11)8(12)7(5)9(13)10(14)15/h2-4,9H,1H2,(H,14,15). The summed E-state index contributed by atoms with van der Waals surface area (Å²) in [6, 6.07) is 1.85. The van der Waals surface area contributed by atoms with Crippen LogP contribution in [0.1, 0.15) is 17.3 Å². The molecule has 0 aliphatic carbocycles. The average molecular weight is 216 g/mol. The topological polar surface area (TPSA) is 37.3 Å². The van der Waals surface area contributed by atoms with Crippen LogP contribution in [0, 0.1) is 11.6 Å². The van der Waals surface area contributed by atoms with Crippen molar-refractivity contribution in [2.45, 2.75) is 6.17 Å². The molecule has 1 aromatic carbocycles. The molecule has 1 N–H and O–H groups in total. The summed E-state index contributed by atoms with van der Waals surface area (Å²) in [7, 11) is 0. The molecule has 0 spiro atoms. The molecule has 1 atom stereocenters. The van der Waals surface area contributed by atoms with E-state index >= 15 is 0 Å². The smallest absolute Gasteiger partial charge is 0.343 e. The Balaban J connectivity index is 3.42. The van der Waals surface area contributed by atoms with Crippen molar-refractivity contribution >= 4 is 12.0 Å². The molecule has 1 aromatic rings. The number of carboxylic acid groups (broad SMARTS) is 1. The quantitative estimate of drug-likeness (QED) is 0.843. The van der Waals surface area contributed by atoms with Crippen molar-refractivity contribution in [1.82, 2.24) is 0 Å². The predicted molar refractivity (Wildman–Crippen MR) is 47.9 cm³/mol. The molecule has 15 heavy (non-hydrogen) atoms. The lowest BCUT2D eigenvalue weighted by Gasteiger charge is -2.09. The minimum absolute atomic E-state index is 0.0798. The van der Waals surface area contributed by atoms with E-state index in [9.17, 15) is 18.0 Å². The van der Waals surface area contributed by atoms with E-state index in [0.29, 0.717) is 0 Å². The molecule has 0 aromatic heterocycles. The number of rotatable bonds is 3. The van der Waals surface area contributed by atoms with Gasteiger partial charge in [-0.2, -0.15) is 0 Å². The first-order valence-electron chi connectivity index (χ1n) is 3.96. The van der Waals surface area contributed by atoms with E-state index in [4.69, 9.17) is 5.11 Å². The van der Waals surface area contributed by atoms with Gasteiger partial charge in [0.15, 0.2) is 11.6 Å². The summed E-state index contributed by atoms with van der Waals surface area (Å²) in [5.41, 5.74) is -0.915. The minimum Gasteiger partial charge on any atom is -0.479 e. The third-order valence-electron chi connectivity index (χ3n) is 1.86. The Hall–Kier alpha value is -1.78. The number of halogens is 3. The van der Waals surface area contributed by atoms with Gasteiger partial charge in [-0.15, -0.1) is 0 Å². The number of aliphatic carboxylic acids is 1. The van der Waals surface area contributed by atoms with Gasteiger partial charge in [0, 0.05) is 5.56 Å². The maximum absolute atomic E-state index is 13.1. The highest BCUT2D eigenvalue weighted by molar-refractivity contribution is 5.76. The van der Waals surface area contributed by atoms with Crippen LogP contribution in [0.2, 0.25) is 0 Å². The SMILES string of the molecule is C=Cc1ccc(F)c(F)c1C(F)C(=O)O. The highest BCUT2D eigenvalue weighted by Gasteiger charge is 2.26. The van der Waals surface area contributed by atoms with E-state index in [2.05, 4.69) is 6.58 Å².